The molecule has 186 valence electrons. The van der Waals surface area contributed by atoms with Gasteiger partial charge in [0.25, 0.3) is 5.92 Å². The van der Waals surface area contributed by atoms with E-state index in [0.29, 0.717) is 35.0 Å². The average molecular weight is 511 g/mol. The summed E-state index contributed by atoms with van der Waals surface area (Å²) in [5.74, 6) is -3.09. The summed E-state index contributed by atoms with van der Waals surface area (Å²) >= 11 is 0. The van der Waals surface area contributed by atoms with Crippen molar-refractivity contribution in [2.75, 3.05) is 31.2 Å². The van der Waals surface area contributed by atoms with Gasteiger partial charge in [0.1, 0.15) is 11.5 Å². The van der Waals surface area contributed by atoms with Crippen molar-refractivity contribution in [3.8, 4) is 22.6 Å². The molecule has 0 spiro atoms. The van der Waals surface area contributed by atoms with Crippen LogP contribution in [0.4, 0.5) is 14.6 Å². The van der Waals surface area contributed by atoms with Crippen molar-refractivity contribution < 1.29 is 17.2 Å². The lowest BCUT2D eigenvalue weighted by Gasteiger charge is -2.32. The van der Waals surface area contributed by atoms with Crippen LogP contribution >= 0.6 is 0 Å². The fourth-order valence-corrected chi connectivity index (χ4v) is 4.71. The molecule has 11 heteroatoms. The molecule has 0 radical (unpaired) electrons. The highest BCUT2D eigenvalue weighted by Crippen LogP contribution is 2.30. The molecule has 0 saturated carbocycles. The number of hydrogen-bond acceptors (Lipinski definition) is 8. The summed E-state index contributed by atoms with van der Waals surface area (Å²) in [4.78, 5) is 18.1. The van der Waals surface area contributed by atoms with Gasteiger partial charge in [0.15, 0.2) is 9.84 Å². The van der Waals surface area contributed by atoms with E-state index in [4.69, 9.17) is 4.98 Å². The van der Waals surface area contributed by atoms with Gasteiger partial charge in [0.2, 0.25) is 0 Å². The number of fused-ring (bicyclic) bond motifs is 1. The Kier molecular flexibility index (Phi) is 6.35. The molecule has 1 fully saturated rings. The van der Waals surface area contributed by atoms with Crippen LogP contribution < -0.4 is 10.6 Å². The number of pyridine rings is 2. The van der Waals surface area contributed by atoms with E-state index in [-0.39, 0.29) is 24.4 Å². The molecule has 1 aliphatic rings. The number of aromatic nitrogens is 4. The van der Waals surface area contributed by atoms with E-state index in [1.165, 1.54) is 12.5 Å². The zero-order valence-electron chi connectivity index (χ0n) is 19.4. The van der Waals surface area contributed by atoms with Gasteiger partial charge < -0.3 is 10.6 Å². The summed E-state index contributed by atoms with van der Waals surface area (Å²) < 4.78 is 51.5. The number of halogens is 2. The SMILES string of the molecule is CS(=O)(=O)c1ccc(-c2cc3nc(-c4cnc(NC[C@@H]5CNCCC5(F)F)cn4)ccc3cn2)cc1. The lowest BCUT2D eigenvalue weighted by atomic mass is 9.95. The lowest BCUT2D eigenvalue weighted by Crippen LogP contribution is -2.47. The molecule has 0 unspecified atom stereocenters. The first-order chi connectivity index (χ1) is 17.2. The fourth-order valence-electron chi connectivity index (χ4n) is 4.08. The number of nitrogens with one attached hydrogen (secondary N) is 2. The fraction of sp³-hybridized carbons (Fsp3) is 0.280. The van der Waals surface area contributed by atoms with Crippen LogP contribution in [-0.2, 0) is 9.84 Å². The van der Waals surface area contributed by atoms with E-state index in [1.54, 1.807) is 36.7 Å². The zero-order valence-corrected chi connectivity index (χ0v) is 20.3. The molecule has 8 nitrogen and oxygen atoms in total. The highest BCUT2D eigenvalue weighted by atomic mass is 32.2. The molecule has 36 heavy (non-hydrogen) atoms. The Bertz CT molecular complexity index is 1500. The quantitative estimate of drug-likeness (QED) is 0.403. The predicted molar refractivity (Wildman–Crippen MR) is 134 cm³/mol. The molecule has 1 atom stereocenters. The second-order valence-corrected chi connectivity index (χ2v) is 10.9. The van der Waals surface area contributed by atoms with Crippen molar-refractivity contribution >= 4 is 26.6 Å². The largest absolute Gasteiger partial charge is 0.368 e. The van der Waals surface area contributed by atoms with Crippen molar-refractivity contribution in [3.05, 3.63) is 61.1 Å². The topological polar surface area (TPSA) is 110 Å². The van der Waals surface area contributed by atoms with Gasteiger partial charge in [-0.2, -0.15) is 0 Å². The van der Waals surface area contributed by atoms with E-state index in [1.807, 2.05) is 18.2 Å². The van der Waals surface area contributed by atoms with Gasteiger partial charge in [0.05, 0.1) is 40.1 Å². The summed E-state index contributed by atoms with van der Waals surface area (Å²) in [7, 11) is -3.28. The van der Waals surface area contributed by atoms with Gasteiger partial charge in [-0.15, -0.1) is 0 Å². The van der Waals surface area contributed by atoms with Crippen molar-refractivity contribution in [2.24, 2.45) is 5.92 Å². The Morgan fingerprint density at radius 1 is 1.00 bits per heavy atom. The summed E-state index contributed by atoms with van der Waals surface area (Å²) in [5, 5.41) is 6.80. The first-order valence-electron chi connectivity index (χ1n) is 11.4. The number of nitrogens with zero attached hydrogens (tertiary/aromatic N) is 4. The third-order valence-corrected chi connectivity index (χ3v) is 7.35. The first-order valence-corrected chi connectivity index (χ1v) is 13.3. The smallest absolute Gasteiger partial charge is 0.255 e. The van der Waals surface area contributed by atoms with Gasteiger partial charge in [-0.1, -0.05) is 12.1 Å². The third-order valence-electron chi connectivity index (χ3n) is 6.22. The maximum absolute atomic E-state index is 14.0. The van der Waals surface area contributed by atoms with E-state index in [9.17, 15) is 17.2 Å². The molecule has 4 heterocycles. The first kappa shape index (κ1) is 24.1. The summed E-state index contributed by atoms with van der Waals surface area (Å²) in [5.41, 5.74) is 3.27. The highest BCUT2D eigenvalue weighted by molar-refractivity contribution is 7.90. The van der Waals surface area contributed by atoms with E-state index >= 15 is 0 Å². The van der Waals surface area contributed by atoms with Crippen LogP contribution in [0.15, 0.2) is 66.0 Å². The van der Waals surface area contributed by atoms with Crippen LogP contribution in [0.2, 0.25) is 0 Å². The molecular weight excluding hydrogens is 486 g/mol. The number of rotatable bonds is 6. The molecule has 1 saturated heterocycles. The third kappa shape index (κ3) is 5.17. The maximum atomic E-state index is 14.0. The normalized spacial score (nSPS) is 17.7. The molecule has 5 rings (SSSR count). The standard InChI is InChI=1S/C25H24F2N6O2S/c1-36(34,35)19-5-2-16(3-6-19)21-10-22-17(11-29-21)4-7-20(33-22)23-14-32-24(15-30-23)31-13-18-12-28-9-8-25(18,26)27/h2-7,10-11,14-15,18,28H,8-9,12-13H2,1H3,(H,31,32)/t18-/m0/s1. The lowest BCUT2D eigenvalue weighted by molar-refractivity contribution is -0.0728. The molecule has 3 aromatic heterocycles. The molecule has 1 aliphatic heterocycles. The van der Waals surface area contributed by atoms with Crippen molar-refractivity contribution in [1.29, 1.82) is 0 Å². The molecule has 0 aliphatic carbocycles. The van der Waals surface area contributed by atoms with Crippen LogP contribution in [0, 0.1) is 5.92 Å². The number of anilines is 1. The maximum Gasteiger partial charge on any atom is 0.255 e. The van der Waals surface area contributed by atoms with Crippen molar-refractivity contribution in [1.82, 2.24) is 25.3 Å². The van der Waals surface area contributed by atoms with Crippen LogP contribution in [0.1, 0.15) is 6.42 Å². The Morgan fingerprint density at radius 3 is 2.47 bits per heavy atom. The summed E-state index contributed by atoms with van der Waals surface area (Å²) in [6, 6.07) is 12.1. The minimum atomic E-state index is -3.28. The molecular formula is C25H24F2N6O2S. The highest BCUT2D eigenvalue weighted by Gasteiger charge is 2.41. The van der Waals surface area contributed by atoms with Gasteiger partial charge in [-0.3, -0.25) is 4.98 Å². The molecule has 1 aromatic carbocycles. The Morgan fingerprint density at radius 2 is 1.78 bits per heavy atom. The Balaban J connectivity index is 1.34. The molecule has 4 aromatic rings. The number of piperidine rings is 1. The second-order valence-electron chi connectivity index (χ2n) is 8.84. The van der Waals surface area contributed by atoms with Crippen LogP contribution in [-0.4, -0.2) is 60.2 Å². The van der Waals surface area contributed by atoms with Gasteiger partial charge in [-0.05, 0) is 30.3 Å². The van der Waals surface area contributed by atoms with Gasteiger partial charge in [-0.25, -0.2) is 32.2 Å². The van der Waals surface area contributed by atoms with E-state index in [0.717, 1.165) is 10.9 Å². The number of hydrogen-bond donors (Lipinski definition) is 2. The monoisotopic (exact) mass is 510 g/mol. The minimum absolute atomic E-state index is 0.100. The molecule has 0 bridgehead atoms. The van der Waals surface area contributed by atoms with Crippen LogP contribution in [0.3, 0.4) is 0 Å². The molecule has 0 amide bonds. The molecule has 2 N–H and O–H groups in total. The predicted octanol–water partition coefficient (Wildman–Crippen LogP) is 3.81. The number of benzene rings is 1. The summed E-state index contributed by atoms with van der Waals surface area (Å²) in [6.07, 6.45) is 5.78. The Hall–Kier alpha value is -3.57. The van der Waals surface area contributed by atoms with E-state index < -0.39 is 21.7 Å². The summed E-state index contributed by atoms with van der Waals surface area (Å²) in [6.45, 7) is 0.679. The minimum Gasteiger partial charge on any atom is -0.368 e. The number of sulfone groups is 1. The van der Waals surface area contributed by atoms with E-state index in [2.05, 4.69) is 25.6 Å². The van der Waals surface area contributed by atoms with Crippen LogP contribution in [0.5, 0.6) is 0 Å². The average Bonchev–Trinajstić information content (AvgIpc) is 2.87. The van der Waals surface area contributed by atoms with Gasteiger partial charge >= 0.3 is 0 Å². The van der Waals surface area contributed by atoms with Gasteiger partial charge in [0, 0.05) is 49.5 Å². The second kappa shape index (κ2) is 9.47. The van der Waals surface area contributed by atoms with Crippen molar-refractivity contribution in [2.45, 2.75) is 17.2 Å². The number of alkyl halides is 2. The van der Waals surface area contributed by atoms with Crippen molar-refractivity contribution in [3.63, 3.8) is 0 Å². The Labute approximate surface area is 207 Å². The van der Waals surface area contributed by atoms with Crippen LogP contribution in [0.25, 0.3) is 33.5 Å². The zero-order chi connectivity index (χ0) is 25.3.